The van der Waals surface area contributed by atoms with Crippen LogP contribution >= 0.6 is 0 Å². The monoisotopic (exact) mass is 344 g/mol. The predicted molar refractivity (Wildman–Crippen MR) is 61.9 cm³/mol. The number of carboxylic acids is 3. The van der Waals surface area contributed by atoms with Crippen LogP contribution in [-0.2, 0) is 40.6 Å². The molecular weight excluding hydrogens is 323 g/mol. The van der Waals surface area contributed by atoms with E-state index < -0.39 is 17.9 Å². The zero-order chi connectivity index (χ0) is 14.9. The van der Waals surface area contributed by atoms with Crippen LogP contribution in [0.5, 0.6) is 0 Å². The van der Waals surface area contributed by atoms with E-state index in [0.29, 0.717) is 0 Å². The SMILES string of the molecule is CCC(=O)O.CCC(=O)O.CCC(=O)O.CO.[Zr]. The van der Waals surface area contributed by atoms with E-state index in [-0.39, 0.29) is 45.5 Å². The minimum atomic E-state index is -0.745. The molecule has 0 aromatic heterocycles. The number of aliphatic hydroxyl groups is 1. The van der Waals surface area contributed by atoms with Gasteiger partial charge in [0.1, 0.15) is 0 Å². The molecule has 0 unspecified atom stereocenters. The first kappa shape index (κ1) is 30.4. The first-order valence-electron chi connectivity index (χ1n) is 4.91. The van der Waals surface area contributed by atoms with Crippen LogP contribution in [0.3, 0.4) is 0 Å². The Morgan fingerprint density at radius 3 is 0.722 bits per heavy atom. The van der Waals surface area contributed by atoms with Gasteiger partial charge in [0.05, 0.1) is 0 Å². The number of carboxylic acid groups (broad SMARTS) is 3. The van der Waals surface area contributed by atoms with Crippen molar-refractivity contribution in [1.82, 2.24) is 0 Å². The Labute approximate surface area is 126 Å². The van der Waals surface area contributed by atoms with E-state index in [9.17, 15) is 14.4 Å². The van der Waals surface area contributed by atoms with Crippen LogP contribution in [0.2, 0.25) is 0 Å². The van der Waals surface area contributed by atoms with E-state index in [0.717, 1.165) is 7.11 Å². The summed E-state index contributed by atoms with van der Waals surface area (Å²) in [7, 11) is 1.00. The molecular formula is C10H22O7Zr. The Morgan fingerprint density at radius 2 is 0.722 bits per heavy atom. The van der Waals surface area contributed by atoms with Crippen LogP contribution in [0.1, 0.15) is 40.0 Å². The van der Waals surface area contributed by atoms with Gasteiger partial charge >= 0.3 is 17.9 Å². The molecule has 4 N–H and O–H groups in total. The molecule has 0 bridgehead atoms. The summed E-state index contributed by atoms with van der Waals surface area (Å²) in [6.45, 7) is 4.80. The van der Waals surface area contributed by atoms with Gasteiger partial charge in [0.25, 0.3) is 0 Å². The summed E-state index contributed by atoms with van der Waals surface area (Å²) in [6.07, 6.45) is 0.667. The Kier molecular flexibility index (Phi) is 50.4. The standard InChI is InChI=1S/3C3H6O2.CH4O.Zr/c3*1-2-3(4)5;1-2;/h3*2H2,1H3,(H,4,5);2H,1H3;. The van der Waals surface area contributed by atoms with Crippen molar-refractivity contribution in [2.45, 2.75) is 40.0 Å². The van der Waals surface area contributed by atoms with Gasteiger partial charge in [0.2, 0.25) is 0 Å². The van der Waals surface area contributed by atoms with Crippen LogP contribution in [0.25, 0.3) is 0 Å². The smallest absolute Gasteiger partial charge is 0.303 e. The van der Waals surface area contributed by atoms with Crippen molar-refractivity contribution in [3.05, 3.63) is 0 Å². The molecule has 0 aromatic carbocycles. The number of hydrogen-bond acceptors (Lipinski definition) is 4. The summed E-state index contributed by atoms with van der Waals surface area (Å²) in [5.74, 6) is -2.24. The topological polar surface area (TPSA) is 132 Å². The first-order valence-corrected chi connectivity index (χ1v) is 4.91. The molecule has 7 nitrogen and oxygen atoms in total. The van der Waals surface area contributed by atoms with Crippen LogP contribution in [0.15, 0.2) is 0 Å². The third-order valence-electron chi connectivity index (χ3n) is 0.907. The number of rotatable bonds is 3. The fraction of sp³-hybridized carbons (Fsp3) is 0.700. The summed E-state index contributed by atoms with van der Waals surface area (Å²) < 4.78 is 0. The maximum Gasteiger partial charge on any atom is 0.303 e. The minimum Gasteiger partial charge on any atom is -0.481 e. The molecule has 0 aliphatic rings. The second kappa shape index (κ2) is 29.9. The van der Waals surface area contributed by atoms with Gasteiger partial charge in [0.15, 0.2) is 0 Å². The second-order valence-corrected chi connectivity index (χ2v) is 2.24. The molecule has 18 heavy (non-hydrogen) atoms. The van der Waals surface area contributed by atoms with Crippen molar-refractivity contribution in [1.29, 1.82) is 0 Å². The fourth-order valence-corrected chi connectivity index (χ4v) is 0. The average Bonchev–Trinajstić information content (AvgIpc) is 2.32. The Morgan fingerprint density at radius 1 is 0.667 bits per heavy atom. The van der Waals surface area contributed by atoms with E-state index in [2.05, 4.69) is 0 Å². The molecule has 0 saturated carbocycles. The normalized spacial score (nSPS) is 6.50. The quantitative estimate of drug-likeness (QED) is 0.601. The van der Waals surface area contributed by atoms with Crippen molar-refractivity contribution < 1.29 is 61.0 Å². The molecule has 0 aromatic rings. The van der Waals surface area contributed by atoms with Crippen LogP contribution in [0.4, 0.5) is 0 Å². The molecule has 0 fully saturated rings. The van der Waals surface area contributed by atoms with E-state index in [4.69, 9.17) is 20.4 Å². The summed E-state index contributed by atoms with van der Waals surface area (Å²) >= 11 is 0. The molecule has 0 spiro atoms. The van der Waals surface area contributed by atoms with E-state index in [1.54, 1.807) is 20.8 Å². The van der Waals surface area contributed by atoms with Crippen molar-refractivity contribution in [2.75, 3.05) is 7.11 Å². The largest absolute Gasteiger partial charge is 0.481 e. The summed E-state index contributed by atoms with van der Waals surface area (Å²) in [5.41, 5.74) is 0. The zero-order valence-electron chi connectivity index (χ0n) is 11.1. The summed E-state index contributed by atoms with van der Waals surface area (Å²) in [5, 5.41) is 30.2. The van der Waals surface area contributed by atoms with Crippen molar-refractivity contribution in [3.63, 3.8) is 0 Å². The molecule has 0 radical (unpaired) electrons. The van der Waals surface area contributed by atoms with Gasteiger partial charge in [-0.2, -0.15) is 0 Å². The van der Waals surface area contributed by atoms with Gasteiger partial charge in [-0.1, -0.05) is 20.8 Å². The number of hydrogen-bond donors (Lipinski definition) is 4. The van der Waals surface area contributed by atoms with E-state index in [1.165, 1.54) is 0 Å². The molecule has 8 heteroatoms. The molecule has 0 rings (SSSR count). The average molecular weight is 346 g/mol. The molecule has 0 aliphatic carbocycles. The minimum absolute atomic E-state index is 0. The van der Waals surface area contributed by atoms with Gasteiger partial charge < -0.3 is 20.4 Å². The van der Waals surface area contributed by atoms with Crippen LogP contribution < -0.4 is 0 Å². The maximum atomic E-state index is 9.37. The Balaban J connectivity index is -0.0000000427. The van der Waals surface area contributed by atoms with Crippen molar-refractivity contribution >= 4 is 17.9 Å². The van der Waals surface area contributed by atoms with Gasteiger partial charge in [-0.25, -0.2) is 0 Å². The summed E-state index contributed by atoms with van der Waals surface area (Å²) in [6, 6.07) is 0. The van der Waals surface area contributed by atoms with Gasteiger partial charge in [-0.15, -0.1) is 0 Å². The van der Waals surface area contributed by atoms with E-state index >= 15 is 0 Å². The van der Waals surface area contributed by atoms with Crippen molar-refractivity contribution in [3.8, 4) is 0 Å². The first-order chi connectivity index (χ1) is 7.81. The van der Waals surface area contributed by atoms with Crippen molar-refractivity contribution in [2.24, 2.45) is 0 Å². The molecule has 0 amide bonds. The molecule has 0 atom stereocenters. The Hall–Kier alpha value is -0.747. The van der Waals surface area contributed by atoms with Crippen LogP contribution in [-0.4, -0.2) is 45.4 Å². The summed E-state index contributed by atoms with van der Waals surface area (Å²) in [4.78, 5) is 28.1. The maximum absolute atomic E-state index is 9.37. The van der Waals surface area contributed by atoms with Gasteiger partial charge in [-0.3, -0.25) is 14.4 Å². The zero-order valence-corrected chi connectivity index (χ0v) is 13.6. The third-order valence-corrected chi connectivity index (χ3v) is 0.907. The third kappa shape index (κ3) is 112. The molecule has 0 heterocycles. The van der Waals surface area contributed by atoms with E-state index in [1.807, 2.05) is 0 Å². The molecule has 0 aliphatic heterocycles. The molecule has 0 saturated heterocycles. The van der Waals surface area contributed by atoms with Gasteiger partial charge in [0, 0.05) is 52.6 Å². The number of carbonyl (C=O) groups is 3. The fourth-order valence-electron chi connectivity index (χ4n) is 0. The predicted octanol–water partition coefficient (Wildman–Crippen LogP) is 1.05. The number of aliphatic carboxylic acids is 3. The Bertz CT molecular complexity index is 161. The number of aliphatic hydroxyl groups excluding tert-OH is 1. The van der Waals surface area contributed by atoms with Crippen LogP contribution in [0, 0.1) is 0 Å². The second-order valence-electron chi connectivity index (χ2n) is 2.24. The molecule has 108 valence electrons. The van der Waals surface area contributed by atoms with Gasteiger partial charge in [-0.05, 0) is 0 Å².